The number of ether oxygens (including phenoxy) is 2. The van der Waals surface area contributed by atoms with Gasteiger partial charge in [-0.15, -0.1) is 0 Å². The Balaban J connectivity index is 0.000000171. The summed E-state index contributed by atoms with van der Waals surface area (Å²) in [6.07, 6.45) is 8.82. The molecule has 0 bridgehead atoms. The summed E-state index contributed by atoms with van der Waals surface area (Å²) >= 11 is 3.50. The summed E-state index contributed by atoms with van der Waals surface area (Å²) in [4.78, 5) is 36.6. The van der Waals surface area contributed by atoms with Crippen LogP contribution < -0.4 is 19.3 Å². The van der Waals surface area contributed by atoms with Crippen molar-refractivity contribution in [2.24, 2.45) is 0 Å². The van der Waals surface area contributed by atoms with Crippen LogP contribution in [-0.2, 0) is 0 Å². The third-order valence-corrected chi connectivity index (χ3v) is 13.4. The third-order valence-electron chi connectivity index (χ3n) is 12.7. The zero-order valence-corrected chi connectivity index (χ0v) is 36.2. The number of nitro benzene ring substituents is 2. The highest BCUT2D eigenvalue weighted by Crippen LogP contribution is 2.48. The molecule has 0 amide bonds. The van der Waals surface area contributed by atoms with Gasteiger partial charge in [0.05, 0.1) is 29.8 Å². The quantitative estimate of drug-likeness (QED) is 0.188. The van der Waals surface area contributed by atoms with E-state index in [4.69, 9.17) is 19.5 Å². The van der Waals surface area contributed by atoms with Gasteiger partial charge in [0.15, 0.2) is 11.5 Å². The van der Waals surface area contributed by atoms with E-state index in [9.17, 15) is 20.2 Å². The second-order valence-corrected chi connectivity index (χ2v) is 17.6. The number of nitro groups is 2. The standard InChI is InChI=1S/C20H30N4O3.C17H25BrN4O3.C3H7BO2/c1-21-9-11-22(12-10-21)16-5-7-23(8-6-16)18-14-20(27-2)19(24(25)26)13-17(18)15-3-4-15;1-19-7-9-20(10-8-19)13-3-5-21(6-4-13)15-12-17(25-2)16(22(23)24)11-14(15)18;5-4(6)3-1-2-3/h13-16H,3-12H2,1-2H3;11-13H,3-10H2,1-2H3;3,5-6H,1-2H2. The van der Waals surface area contributed by atoms with E-state index in [1.54, 1.807) is 18.2 Å². The van der Waals surface area contributed by atoms with Crippen LogP contribution in [0.5, 0.6) is 11.5 Å². The minimum absolute atomic E-state index is 0.00884. The summed E-state index contributed by atoms with van der Waals surface area (Å²) in [5, 5.41) is 39.0. The molecule has 4 heterocycles. The molecule has 2 N–H and O–H groups in total. The third kappa shape index (κ3) is 11.5. The molecule has 2 aromatic carbocycles. The summed E-state index contributed by atoms with van der Waals surface area (Å²) in [7, 11) is 6.33. The maximum absolute atomic E-state index is 11.4. The largest absolute Gasteiger partial charge is 0.490 e. The molecule has 0 unspecified atom stereocenters. The summed E-state index contributed by atoms with van der Waals surface area (Å²) in [6.45, 7) is 13.2. The Hall–Kier alpha value is -3.26. The average Bonchev–Trinajstić information content (AvgIpc) is 4.16. The maximum atomic E-state index is 11.4. The Morgan fingerprint density at radius 1 is 0.621 bits per heavy atom. The molecule has 8 rings (SSSR count). The first-order valence-corrected chi connectivity index (χ1v) is 21.8. The SMILES string of the molecule is COc1cc(N2CCC(N3CCN(C)CC3)CC2)c(Br)cc1[N+](=O)[O-].COc1cc(N2CCC(N3CCN(C)CC3)CC2)c(C2CC2)cc1[N+](=O)[O-].OB(O)C1CC1. The van der Waals surface area contributed by atoms with E-state index in [1.165, 1.54) is 27.3 Å². The molecule has 4 aliphatic heterocycles. The second kappa shape index (κ2) is 20.3. The highest BCUT2D eigenvalue weighted by molar-refractivity contribution is 9.10. The van der Waals surface area contributed by atoms with Gasteiger partial charge < -0.3 is 39.1 Å². The highest BCUT2D eigenvalue weighted by Gasteiger charge is 2.35. The predicted octanol–water partition coefficient (Wildman–Crippen LogP) is 4.90. The molecule has 4 saturated heterocycles. The fraction of sp³-hybridized carbons (Fsp3) is 0.700. The van der Waals surface area contributed by atoms with Crippen molar-refractivity contribution in [3.05, 3.63) is 54.5 Å². The number of anilines is 2. The number of likely N-dealkylation sites (N-methyl/N-ethyl adjacent to an activating group) is 2. The van der Waals surface area contributed by atoms with Crippen LogP contribution in [-0.4, -0.2) is 166 Å². The lowest BCUT2D eigenvalue weighted by Gasteiger charge is -2.43. The van der Waals surface area contributed by atoms with E-state index in [0.717, 1.165) is 138 Å². The second-order valence-electron chi connectivity index (χ2n) is 16.7. The van der Waals surface area contributed by atoms with Crippen LogP contribution in [0.4, 0.5) is 22.7 Å². The molecule has 58 heavy (non-hydrogen) atoms. The van der Waals surface area contributed by atoms with Crippen molar-refractivity contribution in [2.75, 3.05) is 117 Å². The van der Waals surface area contributed by atoms with E-state index in [1.807, 2.05) is 6.07 Å². The summed E-state index contributed by atoms with van der Waals surface area (Å²) in [5.41, 5.74) is 3.34. The average molecular weight is 874 g/mol. The minimum atomic E-state index is -1.04. The topological polar surface area (TPSA) is 165 Å². The Bertz CT molecular complexity index is 1690. The molecule has 16 nitrogen and oxygen atoms in total. The van der Waals surface area contributed by atoms with Crippen molar-refractivity contribution in [3.8, 4) is 11.5 Å². The number of nitrogens with zero attached hydrogens (tertiary/aromatic N) is 8. The Kier molecular flexibility index (Phi) is 15.5. The molecule has 6 fully saturated rings. The molecule has 2 aliphatic carbocycles. The summed E-state index contributed by atoms with van der Waals surface area (Å²) in [6, 6.07) is 8.29. The van der Waals surface area contributed by atoms with Crippen molar-refractivity contribution in [1.82, 2.24) is 19.6 Å². The normalized spacial score (nSPS) is 21.7. The summed E-state index contributed by atoms with van der Waals surface area (Å²) in [5.74, 6) is 1.37. The van der Waals surface area contributed by atoms with E-state index >= 15 is 0 Å². The molecule has 2 saturated carbocycles. The van der Waals surface area contributed by atoms with Gasteiger partial charge in [-0.1, -0.05) is 12.8 Å². The van der Waals surface area contributed by atoms with E-state index in [0.29, 0.717) is 29.5 Å². The van der Waals surface area contributed by atoms with Gasteiger partial charge in [0, 0.05) is 125 Å². The van der Waals surface area contributed by atoms with E-state index in [-0.39, 0.29) is 22.1 Å². The fourth-order valence-electron chi connectivity index (χ4n) is 8.67. The first kappa shape index (κ1) is 44.3. The molecular weight excluding hydrogens is 811 g/mol. The minimum Gasteiger partial charge on any atom is -0.490 e. The monoisotopic (exact) mass is 872 g/mol. The fourth-order valence-corrected chi connectivity index (χ4v) is 9.25. The van der Waals surface area contributed by atoms with Gasteiger partial charge >= 0.3 is 18.5 Å². The van der Waals surface area contributed by atoms with Crippen molar-refractivity contribution < 1.29 is 29.4 Å². The number of methoxy groups -OCH3 is 2. The van der Waals surface area contributed by atoms with Crippen LogP contribution in [0.1, 0.15) is 62.8 Å². The maximum Gasteiger partial charge on any atom is 0.454 e. The van der Waals surface area contributed by atoms with Crippen molar-refractivity contribution in [2.45, 2.75) is 75.2 Å². The molecule has 0 spiro atoms. The number of hydrogen-bond donors (Lipinski definition) is 2. The first-order valence-electron chi connectivity index (χ1n) is 21.0. The van der Waals surface area contributed by atoms with Crippen LogP contribution in [0.25, 0.3) is 0 Å². The van der Waals surface area contributed by atoms with Gasteiger partial charge in [-0.25, -0.2) is 0 Å². The van der Waals surface area contributed by atoms with Gasteiger partial charge in [-0.2, -0.15) is 0 Å². The van der Waals surface area contributed by atoms with Gasteiger partial charge in [0.2, 0.25) is 0 Å². The zero-order chi connectivity index (χ0) is 41.5. The number of benzene rings is 2. The van der Waals surface area contributed by atoms with E-state index < -0.39 is 12.0 Å². The van der Waals surface area contributed by atoms with Gasteiger partial charge in [-0.05, 0) is 85.8 Å². The predicted molar refractivity (Wildman–Crippen MR) is 231 cm³/mol. The van der Waals surface area contributed by atoms with Crippen LogP contribution in [0, 0.1) is 20.2 Å². The van der Waals surface area contributed by atoms with Gasteiger partial charge in [-0.3, -0.25) is 30.0 Å². The van der Waals surface area contributed by atoms with Gasteiger partial charge in [0.1, 0.15) is 0 Å². The Morgan fingerprint density at radius 2 is 1.03 bits per heavy atom. The lowest BCUT2D eigenvalue weighted by atomic mass is 9.84. The molecule has 320 valence electrons. The number of hydrogen-bond acceptors (Lipinski definition) is 14. The smallest absolute Gasteiger partial charge is 0.454 e. The van der Waals surface area contributed by atoms with Crippen molar-refractivity contribution in [1.29, 1.82) is 0 Å². The van der Waals surface area contributed by atoms with Crippen LogP contribution in [0.3, 0.4) is 0 Å². The molecule has 6 aliphatic rings. The lowest BCUT2D eigenvalue weighted by Crippen LogP contribution is -2.52. The summed E-state index contributed by atoms with van der Waals surface area (Å²) < 4.78 is 11.3. The van der Waals surface area contributed by atoms with Gasteiger partial charge in [0.25, 0.3) is 0 Å². The molecule has 2 aromatic rings. The van der Waals surface area contributed by atoms with Crippen LogP contribution in [0.2, 0.25) is 5.82 Å². The Morgan fingerprint density at radius 3 is 1.40 bits per heavy atom. The number of piperidine rings is 2. The number of piperazine rings is 2. The molecule has 18 heteroatoms. The molecule has 0 atom stereocenters. The molecule has 0 aromatic heterocycles. The van der Waals surface area contributed by atoms with Crippen LogP contribution >= 0.6 is 15.9 Å². The zero-order valence-electron chi connectivity index (χ0n) is 34.6. The Labute approximate surface area is 351 Å². The first-order chi connectivity index (χ1) is 27.9. The van der Waals surface area contributed by atoms with Crippen molar-refractivity contribution in [3.63, 3.8) is 0 Å². The number of halogens is 1. The molecule has 0 radical (unpaired) electrons. The number of rotatable bonds is 10. The van der Waals surface area contributed by atoms with E-state index in [2.05, 4.69) is 59.4 Å². The molecular formula is C40H62BBrN8O8. The highest BCUT2D eigenvalue weighted by atomic mass is 79.9. The van der Waals surface area contributed by atoms with Crippen LogP contribution in [0.15, 0.2) is 28.7 Å². The lowest BCUT2D eigenvalue weighted by molar-refractivity contribution is -0.385. The van der Waals surface area contributed by atoms with Crippen molar-refractivity contribution >= 4 is 45.8 Å².